The predicted octanol–water partition coefficient (Wildman–Crippen LogP) is 2.52. The number of nitrogens with zero attached hydrogens (tertiary/aromatic N) is 1. The zero-order valence-corrected chi connectivity index (χ0v) is 12.5. The number of piperidine rings is 1. The molecule has 1 aliphatic rings. The smallest absolute Gasteiger partial charge is 0.222 e. The van der Waals surface area contributed by atoms with Crippen LogP contribution in [0.15, 0.2) is 24.3 Å². The minimum Gasteiger partial charge on any atom is -0.343 e. The monoisotopic (exact) mass is 274 g/mol. The lowest BCUT2D eigenvalue weighted by atomic mass is 9.93. The highest BCUT2D eigenvalue weighted by Crippen LogP contribution is 2.20. The first-order valence-electron chi connectivity index (χ1n) is 7.73. The third-order valence-corrected chi connectivity index (χ3v) is 4.41. The van der Waals surface area contributed by atoms with Crippen molar-refractivity contribution in [1.29, 1.82) is 0 Å². The molecule has 20 heavy (non-hydrogen) atoms. The van der Waals surface area contributed by atoms with Crippen molar-refractivity contribution in [3.8, 4) is 0 Å². The Hall–Kier alpha value is -1.35. The Balaban J connectivity index is 1.77. The van der Waals surface area contributed by atoms with Crippen molar-refractivity contribution in [3.63, 3.8) is 0 Å². The summed E-state index contributed by atoms with van der Waals surface area (Å²) < 4.78 is 0. The van der Waals surface area contributed by atoms with Gasteiger partial charge in [-0.15, -0.1) is 0 Å². The second kappa shape index (κ2) is 7.44. The molecule has 1 heterocycles. The van der Waals surface area contributed by atoms with Crippen LogP contribution in [-0.2, 0) is 11.2 Å². The molecule has 0 aliphatic carbocycles. The van der Waals surface area contributed by atoms with E-state index >= 15 is 0 Å². The predicted molar refractivity (Wildman–Crippen MR) is 82.5 cm³/mol. The first-order valence-corrected chi connectivity index (χ1v) is 7.73. The van der Waals surface area contributed by atoms with Crippen molar-refractivity contribution < 1.29 is 4.79 Å². The Labute approximate surface area is 122 Å². The van der Waals surface area contributed by atoms with Gasteiger partial charge in [0.1, 0.15) is 0 Å². The molecule has 2 N–H and O–H groups in total. The molecule has 0 saturated carbocycles. The van der Waals surface area contributed by atoms with Crippen LogP contribution in [0.25, 0.3) is 0 Å². The van der Waals surface area contributed by atoms with E-state index in [0.717, 1.165) is 51.2 Å². The number of nitrogens with two attached hydrogens (primary N) is 1. The summed E-state index contributed by atoms with van der Waals surface area (Å²) in [4.78, 5) is 14.3. The lowest BCUT2D eigenvalue weighted by molar-refractivity contribution is -0.132. The van der Waals surface area contributed by atoms with Gasteiger partial charge in [0, 0.05) is 19.5 Å². The second-order valence-electron chi connectivity index (χ2n) is 5.83. The molecule has 0 radical (unpaired) electrons. The third-order valence-electron chi connectivity index (χ3n) is 4.41. The highest BCUT2D eigenvalue weighted by molar-refractivity contribution is 5.76. The van der Waals surface area contributed by atoms with Crippen LogP contribution in [-0.4, -0.2) is 30.4 Å². The number of rotatable bonds is 5. The minimum absolute atomic E-state index is 0.305. The van der Waals surface area contributed by atoms with Gasteiger partial charge in [0.2, 0.25) is 5.91 Å². The van der Waals surface area contributed by atoms with Crippen LogP contribution in [0.1, 0.15) is 36.8 Å². The molecule has 0 bridgehead atoms. The van der Waals surface area contributed by atoms with Gasteiger partial charge in [0.25, 0.3) is 0 Å². The number of benzene rings is 1. The van der Waals surface area contributed by atoms with Gasteiger partial charge in [0.15, 0.2) is 0 Å². The van der Waals surface area contributed by atoms with Crippen molar-refractivity contribution in [1.82, 2.24) is 4.90 Å². The van der Waals surface area contributed by atoms with Gasteiger partial charge in [-0.1, -0.05) is 24.3 Å². The summed E-state index contributed by atoms with van der Waals surface area (Å²) in [5.74, 6) is 1.03. The molecular weight excluding hydrogens is 248 g/mol. The van der Waals surface area contributed by atoms with Crippen LogP contribution in [0.4, 0.5) is 0 Å². The topological polar surface area (TPSA) is 46.3 Å². The van der Waals surface area contributed by atoms with Crippen molar-refractivity contribution >= 4 is 5.91 Å². The molecule has 2 rings (SSSR count). The molecule has 1 fully saturated rings. The molecule has 1 aliphatic heterocycles. The maximum atomic E-state index is 12.2. The van der Waals surface area contributed by atoms with Crippen LogP contribution in [0.5, 0.6) is 0 Å². The van der Waals surface area contributed by atoms with Crippen molar-refractivity contribution in [2.75, 3.05) is 19.6 Å². The fourth-order valence-electron chi connectivity index (χ4n) is 3.00. The Morgan fingerprint density at radius 1 is 1.30 bits per heavy atom. The van der Waals surface area contributed by atoms with E-state index in [1.165, 1.54) is 11.1 Å². The number of amides is 1. The summed E-state index contributed by atoms with van der Waals surface area (Å²) in [6, 6.07) is 8.32. The molecule has 3 heteroatoms. The molecule has 0 atom stereocenters. The number of likely N-dealkylation sites (tertiary alicyclic amines) is 1. The average molecular weight is 274 g/mol. The number of hydrogen-bond acceptors (Lipinski definition) is 2. The fourth-order valence-corrected chi connectivity index (χ4v) is 3.00. The zero-order chi connectivity index (χ0) is 14.4. The van der Waals surface area contributed by atoms with Gasteiger partial charge in [-0.3, -0.25) is 4.79 Å². The van der Waals surface area contributed by atoms with E-state index in [-0.39, 0.29) is 0 Å². The maximum absolute atomic E-state index is 12.2. The molecule has 1 saturated heterocycles. The van der Waals surface area contributed by atoms with Crippen molar-refractivity contribution in [2.45, 2.75) is 39.0 Å². The lowest BCUT2D eigenvalue weighted by Gasteiger charge is -2.32. The quantitative estimate of drug-likeness (QED) is 0.897. The van der Waals surface area contributed by atoms with Crippen LogP contribution in [0, 0.1) is 12.8 Å². The van der Waals surface area contributed by atoms with Gasteiger partial charge in [-0.05, 0) is 56.2 Å². The summed E-state index contributed by atoms with van der Waals surface area (Å²) in [7, 11) is 0. The fraction of sp³-hybridized carbons (Fsp3) is 0.588. The Morgan fingerprint density at radius 2 is 2.00 bits per heavy atom. The summed E-state index contributed by atoms with van der Waals surface area (Å²) in [6.45, 7) is 4.71. The van der Waals surface area contributed by atoms with Crippen LogP contribution in [0.2, 0.25) is 0 Å². The Morgan fingerprint density at radius 3 is 2.65 bits per heavy atom. The molecule has 1 amide bonds. The first kappa shape index (κ1) is 15.0. The summed E-state index contributed by atoms with van der Waals surface area (Å²) in [5.41, 5.74) is 8.17. The van der Waals surface area contributed by atoms with E-state index in [1.807, 2.05) is 17.0 Å². The zero-order valence-electron chi connectivity index (χ0n) is 12.5. The standard InChI is InChI=1S/C17H26N2O/c1-14-4-2-3-5-16(14)6-7-17(20)19-12-9-15(8-11-18)10-13-19/h2-5,15H,6-13,18H2,1H3. The van der Waals surface area contributed by atoms with Gasteiger partial charge in [-0.2, -0.15) is 0 Å². The van der Waals surface area contributed by atoms with Gasteiger partial charge in [-0.25, -0.2) is 0 Å². The van der Waals surface area contributed by atoms with Crippen molar-refractivity contribution in [3.05, 3.63) is 35.4 Å². The van der Waals surface area contributed by atoms with E-state index in [2.05, 4.69) is 19.1 Å². The largest absolute Gasteiger partial charge is 0.343 e. The highest BCUT2D eigenvalue weighted by atomic mass is 16.2. The maximum Gasteiger partial charge on any atom is 0.222 e. The molecule has 0 unspecified atom stereocenters. The van der Waals surface area contributed by atoms with E-state index in [0.29, 0.717) is 12.3 Å². The molecule has 3 nitrogen and oxygen atoms in total. The number of hydrogen-bond donors (Lipinski definition) is 1. The van der Waals surface area contributed by atoms with Crippen molar-refractivity contribution in [2.24, 2.45) is 11.7 Å². The average Bonchev–Trinajstić information content (AvgIpc) is 2.47. The number of carbonyl (C=O) groups is 1. The highest BCUT2D eigenvalue weighted by Gasteiger charge is 2.21. The molecule has 1 aromatic carbocycles. The number of carbonyl (C=O) groups excluding carboxylic acids is 1. The van der Waals surface area contributed by atoms with Crippen LogP contribution < -0.4 is 5.73 Å². The van der Waals surface area contributed by atoms with E-state index in [1.54, 1.807) is 0 Å². The first-order chi connectivity index (χ1) is 9.70. The lowest BCUT2D eigenvalue weighted by Crippen LogP contribution is -2.39. The molecule has 110 valence electrons. The van der Waals surface area contributed by atoms with Crippen LogP contribution >= 0.6 is 0 Å². The Bertz CT molecular complexity index is 436. The summed E-state index contributed by atoms with van der Waals surface area (Å²) in [6.07, 6.45) is 4.83. The van der Waals surface area contributed by atoms with Gasteiger partial charge < -0.3 is 10.6 Å². The summed E-state index contributed by atoms with van der Waals surface area (Å²) >= 11 is 0. The minimum atomic E-state index is 0.305. The van der Waals surface area contributed by atoms with Gasteiger partial charge >= 0.3 is 0 Å². The third kappa shape index (κ3) is 4.07. The normalized spacial score (nSPS) is 16.4. The number of aryl methyl sites for hydroxylation is 2. The van der Waals surface area contributed by atoms with Crippen LogP contribution in [0.3, 0.4) is 0 Å². The molecule has 0 aromatic heterocycles. The van der Waals surface area contributed by atoms with E-state index in [4.69, 9.17) is 5.73 Å². The van der Waals surface area contributed by atoms with E-state index in [9.17, 15) is 4.79 Å². The van der Waals surface area contributed by atoms with Gasteiger partial charge in [0.05, 0.1) is 0 Å². The van der Waals surface area contributed by atoms with E-state index < -0.39 is 0 Å². The molecule has 1 aromatic rings. The molecule has 0 spiro atoms. The second-order valence-corrected chi connectivity index (χ2v) is 5.83. The SMILES string of the molecule is Cc1ccccc1CCC(=O)N1CCC(CCN)CC1. The summed E-state index contributed by atoms with van der Waals surface area (Å²) in [5, 5.41) is 0. The Kier molecular flexibility index (Phi) is 5.60. The molecular formula is C17H26N2O.